The van der Waals surface area contributed by atoms with Gasteiger partial charge in [-0.3, -0.25) is 0 Å². The lowest BCUT2D eigenvalue weighted by Gasteiger charge is -2.11. The highest BCUT2D eigenvalue weighted by atomic mass is 19.4. The monoisotopic (exact) mass is 179 g/mol. The summed E-state index contributed by atoms with van der Waals surface area (Å²) in [6.45, 7) is 1.64. The van der Waals surface area contributed by atoms with Crippen molar-refractivity contribution in [1.82, 2.24) is 0 Å². The number of halogens is 3. The first-order valence-corrected chi connectivity index (χ1v) is 3.28. The van der Waals surface area contributed by atoms with E-state index in [1.807, 2.05) is 0 Å². The van der Waals surface area contributed by atoms with E-state index in [2.05, 4.69) is 4.42 Å². The number of rotatable bonds is 1. The highest BCUT2D eigenvalue weighted by molar-refractivity contribution is 5.14. The summed E-state index contributed by atoms with van der Waals surface area (Å²) in [5, 5.41) is 0. The summed E-state index contributed by atoms with van der Waals surface area (Å²) >= 11 is 0. The summed E-state index contributed by atoms with van der Waals surface area (Å²) < 4.78 is 40.5. The van der Waals surface area contributed by atoms with Gasteiger partial charge in [0.2, 0.25) is 0 Å². The summed E-state index contributed by atoms with van der Waals surface area (Å²) in [6.07, 6.45) is -3.20. The fourth-order valence-corrected chi connectivity index (χ4v) is 0.778. The van der Waals surface area contributed by atoms with E-state index in [1.165, 1.54) is 12.3 Å². The molecule has 68 valence electrons. The highest BCUT2D eigenvalue weighted by Crippen LogP contribution is 2.30. The number of furan rings is 1. The molecule has 2 nitrogen and oxygen atoms in total. The second-order valence-corrected chi connectivity index (χ2v) is 2.55. The Kier molecular flexibility index (Phi) is 2.14. The summed E-state index contributed by atoms with van der Waals surface area (Å²) in [5.41, 5.74) is 5.50. The summed E-state index contributed by atoms with van der Waals surface area (Å²) in [5.74, 6) is -0.250. The van der Waals surface area contributed by atoms with Crippen LogP contribution in [-0.2, 0) is 0 Å². The van der Waals surface area contributed by atoms with Crippen LogP contribution in [0.2, 0.25) is 0 Å². The molecule has 1 unspecified atom stereocenters. The number of hydrogen-bond acceptors (Lipinski definition) is 2. The minimum absolute atomic E-state index is 0.250. The van der Waals surface area contributed by atoms with Crippen LogP contribution in [-0.4, -0.2) is 6.18 Å². The molecule has 1 aromatic heterocycles. The fraction of sp³-hybridized carbons (Fsp3) is 0.429. The molecule has 0 aromatic carbocycles. The van der Waals surface area contributed by atoms with Crippen LogP contribution in [0.5, 0.6) is 0 Å². The van der Waals surface area contributed by atoms with Gasteiger partial charge in [0.05, 0.1) is 6.26 Å². The molecule has 0 aliphatic heterocycles. The first-order valence-electron chi connectivity index (χ1n) is 3.28. The number of hydrogen-bond donors (Lipinski definition) is 1. The molecule has 1 aromatic rings. The average molecular weight is 179 g/mol. The zero-order chi connectivity index (χ0) is 9.35. The molecule has 12 heavy (non-hydrogen) atoms. The maximum Gasteiger partial charge on any atom is 0.410 e. The molecule has 5 heteroatoms. The van der Waals surface area contributed by atoms with Crippen molar-refractivity contribution in [3.05, 3.63) is 23.7 Å². The molecule has 1 atom stereocenters. The lowest BCUT2D eigenvalue weighted by atomic mass is 10.2. The Hall–Kier alpha value is -0.970. The number of aryl methyl sites for hydroxylation is 1. The Balaban J connectivity index is 2.85. The van der Waals surface area contributed by atoms with Gasteiger partial charge in [0.25, 0.3) is 0 Å². The van der Waals surface area contributed by atoms with E-state index in [4.69, 9.17) is 5.73 Å². The van der Waals surface area contributed by atoms with Crippen LogP contribution in [0.15, 0.2) is 16.7 Å². The Morgan fingerprint density at radius 3 is 2.42 bits per heavy atom. The first kappa shape index (κ1) is 9.12. The van der Waals surface area contributed by atoms with Gasteiger partial charge < -0.3 is 10.2 Å². The molecule has 0 radical (unpaired) electrons. The Labute approximate surface area is 67.2 Å². The van der Waals surface area contributed by atoms with Crippen LogP contribution in [0.3, 0.4) is 0 Å². The van der Waals surface area contributed by atoms with Crippen molar-refractivity contribution in [2.24, 2.45) is 5.73 Å². The smallest absolute Gasteiger partial charge is 0.410 e. The maximum atomic E-state index is 12.0. The van der Waals surface area contributed by atoms with E-state index >= 15 is 0 Å². The van der Waals surface area contributed by atoms with E-state index in [0.717, 1.165) is 0 Å². The van der Waals surface area contributed by atoms with Gasteiger partial charge >= 0.3 is 6.18 Å². The minimum Gasteiger partial charge on any atom is -0.467 e. The van der Waals surface area contributed by atoms with E-state index in [9.17, 15) is 13.2 Å². The van der Waals surface area contributed by atoms with Gasteiger partial charge in [0, 0.05) is 0 Å². The van der Waals surface area contributed by atoms with Crippen molar-refractivity contribution < 1.29 is 17.6 Å². The Bertz CT molecular complexity index is 266. The largest absolute Gasteiger partial charge is 0.467 e. The van der Waals surface area contributed by atoms with Gasteiger partial charge in [-0.25, -0.2) is 0 Å². The molecule has 0 aliphatic rings. The van der Waals surface area contributed by atoms with Crippen LogP contribution in [0, 0.1) is 6.92 Å². The summed E-state index contributed by atoms with van der Waals surface area (Å²) in [7, 11) is 0. The third-order valence-corrected chi connectivity index (χ3v) is 1.41. The van der Waals surface area contributed by atoms with E-state index in [0.29, 0.717) is 5.56 Å². The topological polar surface area (TPSA) is 39.2 Å². The zero-order valence-electron chi connectivity index (χ0n) is 6.35. The second kappa shape index (κ2) is 2.82. The minimum atomic E-state index is -4.44. The van der Waals surface area contributed by atoms with Crippen molar-refractivity contribution in [3.63, 3.8) is 0 Å². The van der Waals surface area contributed by atoms with E-state index < -0.39 is 12.2 Å². The molecule has 2 N–H and O–H groups in total. The quantitative estimate of drug-likeness (QED) is 0.717. The van der Waals surface area contributed by atoms with Crippen molar-refractivity contribution >= 4 is 0 Å². The lowest BCUT2D eigenvalue weighted by Crippen LogP contribution is -2.27. The second-order valence-electron chi connectivity index (χ2n) is 2.55. The van der Waals surface area contributed by atoms with Crippen molar-refractivity contribution in [3.8, 4) is 0 Å². The van der Waals surface area contributed by atoms with Gasteiger partial charge in [0.1, 0.15) is 5.76 Å². The molecular weight excluding hydrogens is 171 g/mol. The number of nitrogens with two attached hydrogens (primary N) is 1. The summed E-state index contributed by atoms with van der Waals surface area (Å²) in [6, 6.07) is -0.746. The van der Waals surface area contributed by atoms with Crippen molar-refractivity contribution in [1.29, 1.82) is 0 Å². The van der Waals surface area contributed by atoms with E-state index in [1.54, 1.807) is 6.92 Å². The van der Waals surface area contributed by atoms with Crippen LogP contribution >= 0.6 is 0 Å². The van der Waals surface area contributed by atoms with Gasteiger partial charge in [-0.2, -0.15) is 13.2 Å². The fourth-order valence-electron chi connectivity index (χ4n) is 0.778. The third kappa shape index (κ3) is 1.79. The van der Waals surface area contributed by atoms with Crippen molar-refractivity contribution in [2.75, 3.05) is 0 Å². The maximum absolute atomic E-state index is 12.0. The van der Waals surface area contributed by atoms with Crippen molar-refractivity contribution in [2.45, 2.75) is 19.1 Å². The van der Waals surface area contributed by atoms with Gasteiger partial charge in [-0.15, -0.1) is 0 Å². The predicted molar refractivity (Wildman–Crippen MR) is 36.4 cm³/mol. The molecule has 1 rings (SSSR count). The Morgan fingerprint density at radius 1 is 1.50 bits per heavy atom. The molecule has 0 amide bonds. The molecule has 0 saturated heterocycles. The average Bonchev–Trinajstić information content (AvgIpc) is 2.32. The van der Waals surface area contributed by atoms with Crippen LogP contribution in [0.1, 0.15) is 17.4 Å². The van der Waals surface area contributed by atoms with Gasteiger partial charge in [0.15, 0.2) is 6.04 Å². The predicted octanol–water partition coefficient (Wildman–Crippen LogP) is 2.15. The molecule has 0 spiro atoms. The third-order valence-electron chi connectivity index (χ3n) is 1.41. The summed E-state index contributed by atoms with van der Waals surface area (Å²) in [4.78, 5) is 0. The van der Waals surface area contributed by atoms with Crippen LogP contribution in [0.4, 0.5) is 13.2 Å². The zero-order valence-corrected chi connectivity index (χ0v) is 6.35. The molecule has 0 aliphatic carbocycles. The highest BCUT2D eigenvalue weighted by Gasteiger charge is 2.39. The standard InChI is InChI=1S/C7H8F3NO/c1-4-2-5(12-3-4)6(11)7(8,9)10/h2-3,6H,11H2,1H3. The molecular formula is C7H8F3NO. The van der Waals surface area contributed by atoms with Crippen LogP contribution < -0.4 is 5.73 Å². The lowest BCUT2D eigenvalue weighted by molar-refractivity contribution is -0.152. The first-order chi connectivity index (χ1) is 5.41. The van der Waals surface area contributed by atoms with Gasteiger partial charge in [-0.05, 0) is 18.6 Å². The molecule has 1 heterocycles. The molecule has 0 saturated carbocycles. The normalized spacial score (nSPS) is 14.8. The van der Waals surface area contributed by atoms with E-state index in [-0.39, 0.29) is 5.76 Å². The molecule has 0 fully saturated rings. The number of alkyl halides is 3. The van der Waals surface area contributed by atoms with Gasteiger partial charge in [-0.1, -0.05) is 0 Å². The SMILES string of the molecule is Cc1coc(C(N)C(F)(F)F)c1. The molecule has 0 bridgehead atoms. The Morgan fingerprint density at radius 2 is 2.08 bits per heavy atom. The van der Waals surface area contributed by atoms with Crippen LogP contribution in [0.25, 0.3) is 0 Å².